The van der Waals surface area contributed by atoms with Gasteiger partial charge in [-0.15, -0.1) is 0 Å². The van der Waals surface area contributed by atoms with E-state index in [0.717, 1.165) is 42.5 Å². The van der Waals surface area contributed by atoms with E-state index in [1.165, 1.54) is 6.07 Å². The summed E-state index contributed by atoms with van der Waals surface area (Å²) >= 11 is 0. The lowest BCUT2D eigenvalue weighted by atomic mass is 9.89. The summed E-state index contributed by atoms with van der Waals surface area (Å²) in [5.41, 5.74) is -5.61. The number of halogens is 6. The molecule has 2 aromatic rings. The van der Waals surface area contributed by atoms with Crippen molar-refractivity contribution in [2.45, 2.75) is 81.8 Å². The number of nitrogens with zero attached hydrogens (tertiary/aromatic N) is 1. The third-order valence-corrected chi connectivity index (χ3v) is 8.11. The van der Waals surface area contributed by atoms with Crippen LogP contribution in [0, 0.1) is 0 Å². The fourth-order valence-electron chi connectivity index (χ4n) is 5.52. The largest absolute Gasteiger partial charge is 0.508 e. The Balaban J connectivity index is 1.41. The molecule has 1 saturated heterocycles. The first kappa shape index (κ1) is 34.4. The fourth-order valence-corrected chi connectivity index (χ4v) is 5.52. The number of alkyl halides is 6. The van der Waals surface area contributed by atoms with E-state index in [9.17, 15) is 41.0 Å². The Kier molecular flexibility index (Phi) is 9.98. The molecule has 8 nitrogen and oxygen atoms in total. The monoisotopic (exact) mass is 646 g/mol. The highest BCUT2D eigenvalue weighted by molar-refractivity contribution is 6.07. The van der Waals surface area contributed by atoms with Crippen LogP contribution in [0.25, 0.3) is 0 Å². The zero-order valence-corrected chi connectivity index (χ0v) is 25.1. The quantitative estimate of drug-likeness (QED) is 0.102. The number of ether oxygens (including phenoxy) is 3. The lowest BCUT2D eigenvalue weighted by Crippen LogP contribution is -2.56. The Morgan fingerprint density at radius 2 is 1.71 bits per heavy atom. The Bertz CT molecular complexity index is 1380. The molecule has 4 rings (SSSR count). The molecule has 1 saturated carbocycles. The van der Waals surface area contributed by atoms with Crippen LogP contribution in [-0.2, 0) is 31.8 Å². The Morgan fingerprint density at radius 3 is 2.31 bits per heavy atom. The molecule has 2 fully saturated rings. The summed E-state index contributed by atoms with van der Waals surface area (Å²) in [6.45, 7) is 2.17. The van der Waals surface area contributed by atoms with Gasteiger partial charge < -0.3 is 24.6 Å². The standard InChI is InChI=1S/C31H36F6N2O6/c1-4-7-20-16-22(29(30(32,33)34,31(35,36)37)45-18-43-3)11-13-25(20)44-15-6-5-14-39-26(41)28(2,38-27(39)42)21-10-12-24(40)23(17-21)19-8-9-19/h10-13,16-17,19,40H,4-9,14-15,18H2,1-3H3,(H,38,42). The van der Waals surface area contributed by atoms with Crippen molar-refractivity contribution in [3.63, 3.8) is 0 Å². The lowest BCUT2D eigenvalue weighted by Gasteiger charge is -2.37. The number of amides is 3. The number of unbranched alkanes of at least 4 members (excludes halogenated alkanes) is 1. The maximum Gasteiger partial charge on any atom is 0.430 e. The van der Waals surface area contributed by atoms with Gasteiger partial charge in [0.1, 0.15) is 23.8 Å². The maximum atomic E-state index is 14.0. The summed E-state index contributed by atoms with van der Waals surface area (Å²) in [5, 5.41) is 12.9. The van der Waals surface area contributed by atoms with Crippen molar-refractivity contribution in [3.8, 4) is 11.5 Å². The first-order valence-corrected chi connectivity index (χ1v) is 14.6. The average molecular weight is 647 g/mol. The van der Waals surface area contributed by atoms with E-state index < -0.39 is 47.8 Å². The first-order chi connectivity index (χ1) is 21.1. The number of carbonyl (C=O) groups is 2. The molecule has 0 spiro atoms. The van der Waals surface area contributed by atoms with Crippen molar-refractivity contribution in [2.24, 2.45) is 0 Å². The number of hydrogen-bond donors (Lipinski definition) is 2. The number of carbonyl (C=O) groups excluding carboxylic acids is 2. The van der Waals surface area contributed by atoms with Gasteiger partial charge in [0.2, 0.25) is 0 Å². The van der Waals surface area contributed by atoms with Crippen LogP contribution in [0.4, 0.5) is 31.1 Å². The minimum absolute atomic E-state index is 0.0313. The molecule has 0 bridgehead atoms. The molecule has 0 aromatic heterocycles. The summed E-state index contributed by atoms with van der Waals surface area (Å²) in [6.07, 6.45) is -8.58. The molecule has 2 N–H and O–H groups in total. The molecule has 45 heavy (non-hydrogen) atoms. The smallest absolute Gasteiger partial charge is 0.430 e. The molecular weight excluding hydrogens is 610 g/mol. The van der Waals surface area contributed by atoms with Crippen molar-refractivity contribution >= 4 is 11.9 Å². The van der Waals surface area contributed by atoms with E-state index in [1.807, 2.05) is 0 Å². The number of imide groups is 1. The second-order valence-corrected chi connectivity index (χ2v) is 11.4. The zero-order valence-electron chi connectivity index (χ0n) is 25.1. The summed E-state index contributed by atoms with van der Waals surface area (Å²) in [5.74, 6) is 0.0449. The van der Waals surface area contributed by atoms with Gasteiger partial charge >= 0.3 is 18.4 Å². The van der Waals surface area contributed by atoms with Gasteiger partial charge in [-0.3, -0.25) is 9.69 Å². The minimum Gasteiger partial charge on any atom is -0.508 e. The lowest BCUT2D eigenvalue weighted by molar-refractivity contribution is -0.400. The normalized spacial score (nSPS) is 19.3. The number of hydrogen-bond acceptors (Lipinski definition) is 6. The predicted molar refractivity (Wildman–Crippen MR) is 150 cm³/mol. The van der Waals surface area contributed by atoms with Gasteiger partial charge in [0.05, 0.1) is 6.61 Å². The van der Waals surface area contributed by atoms with Crippen LogP contribution in [0.2, 0.25) is 0 Å². The summed E-state index contributed by atoms with van der Waals surface area (Å²) < 4.78 is 98.3. The molecule has 0 radical (unpaired) electrons. The van der Waals surface area contributed by atoms with Crippen LogP contribution >= 0.6 is 0 Å². The number of urea groups is 1. The number of benzene rings is 2. The Labute approximate surface area is 256 Å². The number of aryl methyl sites for hydroxylation is 1. The molecule has 1 heterocycles. The van der Waals surface area contributed by atoms with Crippen LogP contribution in [0.5, 0.6) is 11.5 Å². The van der Waals surface area contributed by atoms with Crippen molar-refractivity contribution in [3.05, 3.63) is 58.7 Å². The van der Waals surface area contributed by atoms with Crippen molar-refractivity contribution in [1.82, 2.24) is 10.2 Å². The fraction of sp³-hybridized carbons (Fsp3) is 0.548. The van der Waals surface area contributed by atoms with Crippen LogP contribution < -0.4 is 10.1 Å². The number of phenols is 1. The van der Waals surface area contributed by atoms with Gasteiger partial charge in [-0.1, -0.05) is 25.5 Å². The van der Waals surface area contributed by atoms with Gasteiger partial charge in [-0.25, -0.2) is 4.79 Å². The molecule has 2 aromatic carbocycles. The highest BCUT2D eigenvalue weighted by Crippen LogP contribution is 2.53. The maximum absolute atomic E-state index is 14.0. The molecule has 3 amide bonds. The first-order valence-electron chi connectivity index (χ1n) is 14.6. The van der Waals surface area contributed by atoms with E-state index in [-0.39, 0.29) is 42.6 Å². The molecule has 1 aliphatic heterocycles. The van der Waals surface area contributed by atoms with Crippen LogP contribution in [0.15, 0.2) is 36.4 Å². The number of aromatic hydroxyl groups is 1. The molecule has 14 heteroatoms. The van der Waals surface area contributed by atoms with Crippen LogP contribution in [0.1, 0.15) is 74.1 Å². The Morgan fingerprint density at radius 1 is 1.02 bits per heavy atom. The van der Waals surface area contributed by atoms with Gasteiger partial charge in [0.15, 0.2) is 0 Å². The highest BCUT2D eigenvalue weighted by Gasteiger charge is 2.73. The molecule has 1 unspecified atom stereocenters. The summed E-state index contributed by atoms with van der Waals surface area (Å²) in [4.78, 5) is 27.1. The van der Waals surface area contributed by atoms with E-state index in [0.29, 0.717) is 30.9 Å². The number of phenolic OH excluding ortho intramolecular Hbond substituents is 1. The molecular formula is C31H36F6N2O6. The van der Waals surface area contributed by atoms with Gasteiger partial charge in [-0.05, 0) is 85.9 Å². The van der Waals surface area contributed by atoms with Crippen molar-refractivity contribution in [1.29, 1.82) is 0 Å². The minimum atomic E-state index is -5.84. The topological polar surface area (TPSA) is 97.3 Å². The summed E-state index contributed by atoms with van der Waals surface area (Å²) in [7, 11) is 0.918. The molecule has 1 atom stereocenters. The predicted octanol–water partition coefficient (Wildman–Crippen LogP) is 6.79. The van der Waals surface area contributed by atoms with E-state index >= 15 is 0 Å². The van der Waals surface area contributed by atoms with E-state index in [1.54, 1.807) is 26.0 Å². The second-order valence-electron chi connectivity index (χ2n) is 11.4. The molecule has 2 aliphatic rings. The van der Waals surface area contributed by atoms with Crippen LogP contribution in [0.3, 0.4) is 0 Å². The second kappa shape index (κ2) is 13.1. The number of methoxy groups -OCH3 is 1. The van der Waals surface area contributed by atoms with Gasteiger partial charge in [0, 0.05) is 19.2 Å². The van der Waals surface area contributed by atoms with E-state index in [2.05, 4.69) is 14.8 Å². The number of rotatable bonds is 14. The highest BCUT2D eigenvalue weighted by atomic mass is 19.4. The van der Waals surface area contributed by atoms with Gasteiger partial charge in [0.25, 0.3) is 11.5 Å². The average Bonchev–Trinajstić information content (AvgIpc) is 3.77. The summed E-state index contributed by atoms with van der Waals surface area (Å²) in [6, 6.07) is 6.83. The molecule has 248 valence electrons. The van der Waals surface area contributed by atoms with E-state index in [4.69, 9.17) is 4.74 Å². The van der Waals surface area contributed by atoms with Crippen molar-refractivity contribution in [2.75, 3.05) is 27.1 Å². The van der Waals surface area contributed by atoms with Crippen LogP contribution in [-0.4, -0.2) is 61.4 Å². The SMILES string of the molecule is CCCc1cc(C(OCOC)(C(F)(F)F)C(F)(F)F)ccc1OCCCCN1C(=O)NC(C)(c2ccc(O)c(C3CC3)c2)C1=O. The van der Waals surface area contributed by atoms with Crippen molar-refractivity contribution < 1.29 is 55.2 Å². The number of nitrogens with one attached hydrogen (secondary N) is 1. The van der Waals surface area contributed by atoms with Gasteiger partial charge in [-0.2, -0.15) is 26.3 Å². The third-order valence-electron chi connectivity index (χ3n) is 8.11. The Hall–Kier alpha value is -3.52. The molecule has 1 aliphatic carbocycles. The third kappa shape index (κ3) is 6.71. The zero-order chi connectivity index (χ0) is 33.2.